The SMILES string of the molecule is O=C(CC1CCOCC1)N1CCC([C@@H](O)CC2c3ccccc3-c3cncn32)CC1. The van der Waals surface area contributed by atoms with Gasteiger partial charge in [0.1, 0.15) is 0 Å². The molecule has 6 heteroatoms. The Kier molecular flexibility index (Phi) is 5.61. The average Bonchev–Trinajstić information content (AvgIpc) is 3.37. The van der Waals surface area contributed by atoms with E-state index in [1.165, 1.54) is 11.1 Å². The minimum atomic E-state index is -0.371. The molecule has 0 bridgehead atoms. The molecule has 2 fully saturated rings. The summed E-state index contributed by atoms with van der Waals surface area (Å²) in [6, 6.07) is 8.57. The summed E-state index contributed by atoms with van der Waals surface area (Å²) in [5, 5.41) is 11.1. The van der Waals surface area contributed by atoms with Crippen molar-refractivity contribution < 1.29 is 14.6 Å². The van der Waals surface area contributed by atoms with Crippen molar-refractivity contribution in [2.24, 2.45) is 11.8 Å². The largest absolute Gasteiger partial charge is 0.393 e. The van der Waals surface area contributed by atoms with Crippen LogP contribution < -0.4 is 0 Å². The molecule has 3 aliphatic heterocycles. The Labute approximate surface area is 177 Å². The van der Waals surface area contributed by atoms with Crippen LogP contribution in [0.4, 0.5) is 0 Å². The van der Waals surface area contributed by atoms with Gasteiger partial charge in [-0.3, -0.25) is 4.79 Å². The van der Waals surface area contributed by atoms with Gasteiger partial charge in [0.25, 0.3) is 0 Å². The molecule has 160 valence electrons. The number of rotatable bonds is 5. The second-order valence-electron chi connectivity index (χ2n) is 9.07. The quantitative estimate of drug-likeness (QED) is 0.823. The highest BCUT2D eigenvalue weighted by Gasteiger charge is 2.34. The van der Waals surface area contributed by atoms with Crippen LogP contribution >= 0.6 is 0 Å². The summed E-state index contributed by atoms with van der Waals surface area (Å²) >= 11 is 0. The van der Waals surface area contributed by atoms with Crippen molar-refractivity contribution in [3.63, 3.8) is 0 Å². The van der Waals surface area contributed by atoms with Gasteiger partial charge in [-0.25, -0.2) is 4.98 Å². The number of carbonyl (C=O) groups excluding carboxylic acids is 1. The van der Waals surface area contributed by atoms with Gasteiger partial charge in [-0.2, -0.15) is 0 Å². The summed E-state index contributed by atoms with van der Waals surface area (Å²) in [7, 11) is 0. The Balaban J connectivity index is 1.17. The first-order valence-corrected chi connectivity index (χ1v) is 11.4. The fourth-order valence-corrected chi connectivity index (χ4v) is 5.45. The molecular formula is C24H31N3O3. The number of likely N-dealkylation sites (tertiary alicyclic amines) is 1. The third-order valence-electron chi connectivity index (χ3n) is 7.30. The van der Waals surface area contributed by atoms with Crippen molar-refractivity contribution in [3.8, 4) is 11.3 Å². The molecule has 5 rings (SSSR count). The number of benzene rings is 1. The Morgan fingerprint density at radius 3 is 2.73 bits per heavy atom. The summed E-state index contributed by atoms with van der Waals surface area (Å²) in [4.78, 5) is 19.0. The van der Waals surface area contributed by atoms with Crippen LogP contribution in [0.15, 0.2) is 36.8 Å². The Morgan fingerprint density at radius 1 is 1.17 bits per heavy atom. The third-order valence-corrected chi connectivity index (χ3v) is 7.30. The normalized spacial score (nSPS) is 23.2. The smallest absolute Gasteiger partial charge is 0.222 e. The van der Waals surface area contributed by atoms with Crippen LogP contribution in [0, 0.1) is 11.8 Å². The van der Waals surface area contributed by atoms with Gasteiger partial charge in [0.15, 0.2) is 0 Å². The van der Waals surface area contributed by atoms with Crippen LogP contribution in [-0.4, -0.2) is 57.9 Å². The maximum Gasteiger partial charge on any atom is 0.222 e. The Bertz CT molecular complexity index is 881. The first kappa shape index (κ1) is 19.8. The van der Waals surface area contributed by atoms with Crippen molar-refractivity contribution >= 4 is 5.91 Å². The lowest BCUT2D eigenvalue weighted by Crippen LogP contribution is -2.42. The number of aliphatic hydroxyl groups excluding tert-OH is 1. The number of hydrogen-bond acceptors (Lipinski definition) is 4. The van der Waals surface area contributed by atoms with Gasteiger partial charge in [-0.15, -0.1) is 0 Å². The van der Waals surface area contributed by atoms with Crippen molar-refractivity contribution in [2.75, 3.05) is 26.3 Å². The Hall–Kier alpha value is -2.18. The Morgan fingerprint density at radius 2 is 1.93 bits per heavy atom. The molecule has 0 spiro atoms. The minimum Gasteiger partial charge on any atom is -0.393 e. The molecule has 30 heavy (non-hydrogen) atoms. The molecule has 1 aromatic carbocycles. The molecule has 1 aromatic heterocycles. The number of nitrogens with zero attached hydrogens (tertiary/aromatic N) is 3. The monoisotopic (exact) mass is 409 g/mol. The van der Waals surface area contributed by atoms with Crippen LogP contribution in [0.5, 0.6) is 0 Å². The highest BCUT2D eigenvalue weighted by atomic mass is 16.5. The van der Waals surface area contributed by atoms with Gasteiger partial charge < -0.3 is 19.3 Å². The van der Waals surface area contributed by atoms with Gasteiger partial charge in [0, 0.05) is 38.3 Å². The molecular weight excluding hydrogens is 378 g/mol. The maximum absolute atomic E-state index is 12.7. The van der Waals surface area contributed by atoms with E-state index in [1.807, 2.05) is 17.4 Å². The second-order valence-corrected chi connectivity index (χ2v) is 9.07. The molecule has 1 unspecified atom stereocenters. The van der Waals surface area contributed by atoms with Crippen LogP contribution in [0.2, 0.25) is 0 Å². The van der Waals surface area contributed by atoms with E-state index in [9.17, 15) is 9.90 Å². The predicted molar refractivity (Wildman–Crippen MR) is 114 cm³/mol. The fourth-order valence-electron chi connectivity index (χ4n) is 5.45. The van der Waals surface area contributed by atoms with Gasteiger partial charge in [0.2, 0.25) is 5.91 Å². The molecule has 1 amide bonds. The molecule has 6 nitrogen and oxygen atoms in total. The number of amides is 1. The number of aromatic nitrogens is 2. The van der Waals surface area contributed by atoms with E-state index < -0.39 is 0 Å². The average molecular weight is 410 g/mol. The second kappa shape index (κ2) is 8.52. The van der Waals surface area contributed by atoms with Crippen molar-refractivity contribution in [3.05, 3.63) is 42.4 Å². The molecule has 1 N–H and O–H groups in total. The number of aliphatic hydroxyl groups is 1. The molecule has 2 saturated heterocycles. The van der Waals surface area contributed by atoms with Crippen molar-refractivity contribution in [1.82, 2.24) is 14.5 Å². The summed E-state index contributed by atoms with van der Waals surface area (Å²) in [6.45, 7) is 3.10. The number of imidazole rings is 1. The van der Waals surface area contributed by atoms with E-state index >= 15 is 0 Å². The highest BCUT2D eigenvalue weighted by Crippen LogP contribution is 2.42. The number of ether oxygens (including phenoxy) is 1. The van der Waals surface area contributed by atoms with E-state index in [2.05, 4.69) is 33.8 Å². The van der Waals surface area contributed by atoms with Crippen LogP contribution in [0.25, 0.3) is 11.3 Å². The van der Waals surface area contributed by atoms with E-state index in [0.717, 1.165) is 57.7 Å². The van der Waals surface area contributed by atoms with E-state index in [-0.39, 0.29) is 24.0 Å². The van der Waals surface area contributed by atoms with Gasteiger partial charge in [0.05, 0.1) is 30.4 Å². The van der Waals surface area contributed by atoms with Crippen LogP contribution in [0.1, 0.15) is 50.1 Å². The molecule has 4 heterocycles. The van der Waals surface area contributed by atoms with E-state index in [4.69, 9.17) is 4.74 Å². The summed E-state index contributed by atoms with van der Waals surface area (Å²) in [5.41, 5.74) is 3.63. The zero-order chi connectivity index (χ0) is 20.5. The molecule has 2 atom stereocenters. The topological polar surface area (TPSA) is 67.6 Å². The standard InChI is InChI=1S/C24H31N3O3/c28-23(14-21-19-3-1-2-4-20(19)22-15-25-16-27(21)22)18-5-9-26(10-6-18)24(29)13-17-7-11-30-12-8-17/h1-4,15-18,21,23,28H,5-14H2/t21?,23-/m0/s1. The zero-order valence-electron chi connectivity index (χ0n) is 17.4. The van der Waals surface area contributed by atoms with Crippen LogP contribution in [0.3, 0.4) is 0 Å². The third kappa shape index (κ3) is 3.79. The lowest BCUT2D eigenvalue weighted by Gasteiger charge is -2.36. The highest BCUT2D eigenvalue weighted by molar-refractivity contribution is 5.76. The first-order valence-electron chi connectivity index (χ1n) is 11.4. The molecule has 2 aromatic rings. The maximum atomic E-state index is 12.7. The van der Waals surface area contributed by atoms with Gasteiger partial charge in [-0.1, -0.05) is 24.3 Å². The summed E-state index contributed by atoms with van der Waals surface area (Å²) in [5.74, 6) is 1.00. The predicted octanol–water partition coefficient (Wildman–Crippen LogP) is 3.26. The first-order chi connectivity index (χ1) is 14.7. The number of hydrogen-bond donors (Lipinski definition) is 1. The molecule has 0 aliphatic carbocycles. The molecule has 0 radical (unpaired) electrons. The number of carbonyl (C=O) groups is 1. The van der Waals surface area contributed by atoms with E-state index in [0.29, 0.717) is 18.8 Å². The van der Waals surface area contributed by atoms with E-state index in [1.54, 1.807) is 0 Å². The summed E-state index contributed by atoms with van der Waals surface area (Å²) in [6.07, 6.45) is 8.53. The minimum absolute atomic E-state index is 0.141. The number of fused-ring (bicyclic) bond motifs is 3. The van der Waals surface area contributed by atoms with Gasteiger partial charge in [-0.05, 0) is 49.5 Å². The van der Waals surface area contributed by atoms with Crippen molar-refractivity contribution in [2.45, 2.75) is 50.7 Å². The molecule has 3 aliphatic rings. The van der Waals surface area contributed by atoms with Crippen molar-refractivity contribution in [1.29, 1.82) is 0 Å². The lowest BCUT2D eigenvalue weighted by molar-refractivity contribution is -0.135. The number of piperidine rings is 1. The van der Waals surface area contributed by atoms with Crippen LogP contribution in [-0.2, 0) is 9.53 Å². The lowest BCUT2D eigenvalue weighted by atomic mass is 9.86. The fraction of sp³-hybridized carbons (Fsp3) is 0.583. The van der Waals surface area contributed by atoms with Gasteiger partial charge >= 0.3 is 0 Å². The zero-order valence-corrected chi connectivity index (χ0v) is 17.4. The molecule has 0 saturated carbocycles. The summed E-state index contributed by atoms with van der Waals surface area (Å²) < 4.78 is 7.60.